The number of carbonyl (C=O) groups excluding carboxylic acids is 1. The molecule has 24 heavy (non-hydrogen) atoms. The molecule has 2 rings (SSSR count). The highest BCUT2D eigenvalue weighted by Crippen LogP contribution is 2.26. The second-order valence-corrected chi connectivity index (χ2v) is 8.68. The summed E-state index contributed by atoms with van der Waals surface area (Å²) in [5.74, 6) is 0.122. The zero-order chi connectivity index (χ0) is 17.9. The van der Waals surface area contributed by atoms with E-state index >= 15 is 0 Å². The maximum absolute atomic E-state index is 12.7. The Balaban J connectivity index is 2.18. The van der Waals surface area contributed by atoms with Crippen molar-refractivity contribution in [1.82, 2.24) is 19.6 Å². The minimum Gasteiger partial charge on any atom is -0.348 e. The van der Waals surface area contributed by atoms with Crippen LogP contribution in [0.25, 0.3) is 0 Å². The quantitative estimate of drug-likeness (QED) is 0.825. The summed E-state index contributed by atoms with van der Waals surface area (Å²) in [7, 11) is -3.26. The van der Waals surface area contributed by atoms with Crippen LogP contribution >= 0.6 is 0 Å². The molecular formula is C16H26N4O3S. The monoisotopic (exact) mass is 354 g/mol. The average Bonchev–Trinajstić information content (AvgIpc) is 2.92. The summed E-state index contributed by atoms with van der Waals surface area (Å²) in [5, 5.41) is 3.00. The van der Waals surface area contributed by atoms with Crippen molar-refractivity contribution in [3.63, 3.8) is 0 Å². The maximum atomic E-state index is 12.7. The third kappa shape index (κ3) is 4.30. The summed E-state index contributed by atoms with van der Waals surface area (Å²) in [4.78, 5) is 20.8. The first-order chi connectivity index (χ1) is 11.2. The lowest BCUT2D eigenvalue weighted by Gasteiger charge is -2.23. The lowest BCUT2D eigenvalue weighted by Crippen LogP contribution is -2.42. The van der Waals surface area contributed by atoms with Crippen molar-refractivity contribution in [1.29, 1.82) is 0 Å². The summed E-state index contributed by atoms with van der Waals surface area (Å²) in [6.07, 6.45) is 5.77. The summed E-state index contributed by atoms with van der Waals surface area (Å²) in [6.45, 7) is 6.87. The van der Waals surface area contributed by atoms with Gasteiger partial charge in [0.15, 0.2) is 0 Å². The fraction of sp³-hybridized carbons (Fsp3) is 0.688. The van der Waals surface area contributed by atoms with Crippen LogP contribution in [-0.2, 0) is 16.4 Å². The van der Waals surface area contributed by atoms with Crippen molar-refractivity contribution >= 4 is 15.9 Å². The van der Waals surface area contributed by atoms with E-state index in [-0.39, 0.29) is 23.8 Å². The molecule has 2 heterocycles. The Kier molecular flexibility index (Phi) is 5.92. The van der Waals surface area contributed by atoms with Crippen LogP contribution < -0.4 is 5.32 Å². The number of amides is 1. The Labute approximate surface area is 143 Å². The summed E-state index contributed by atoms with van der Waals surface area (Å²) < 4.78 is 25.1. The number of sulfonamides is 1. The number of rotatable bonds is 6. The average molecular weight is 354 g/mol. The van der Waals surface area contributed by atoms with E-state index in [1.54, 1.807) is 0 Å². The second-order valence-electron chi connectivity index (χ2n) is 6.70. The van der Waals surface area contributed by atoms with Crippen molar-refractivity contribution in [3.05, 3.63) is 23.8 Å². The molecule has 1 aliphatic rings. The number of hydrogen-bond donors (Lipinski definition) is 1. The number of aryl methyl sites for hydroxylation is 1. The van der Waals surface area contributed by atoms with Gasteiger partial charge in [-0.25, -0.2) is 18.4 Å². The first-order valence-corrected chi connectivity index (χ1v) is 10.1. The highest BCUT2D eigenvalue weighted by Gasteiger charge is 2.39. The summed E-state index contributed by atoms with van der Waals surface area (Å²) in [6, 6.07) is -0.207. The smallest absolute Gasteiger partial charge is 0.254 e. The van der Waals surface area contributed by atoms with E-state index in [4.69, 9.17) is 0 Å². The number of nitrogens with zero attached hydrogens (tertiary/aromatic N) is 3. The molecule has 0 spiro atoms. The van der Waals surface area contributed by atoms with Crippen LogP contribution in [0.3, 0.4) is 0 Å². The standard InChI is InChI=1S/C16H26N4O3S/c1-5-6-14-12(7-17-10-18-14)16(21)19-15-9-20(24(4,22)23)8-13(15)11(2)3/h7,10-11,13,15H,5-6,8-9H2,1-4H3,(H,19,21). The van der Waals surface area contributed by atoms with Gasteiger partial charge in [-0.2, -0.15) is 4.31 Å². The number of nitrogens with one attached hydrogen (secondary N) is 1. The Bertz CT molecular complexity index is 690. The Morgan fingerprint density at radius 1 is 1.42 bits per heavy atom. The normalized spacial score (nSPS) is 22.0. The molecule has 1 aromatic rings. The van der Waals surface area contributed by atoms with Crippen molar-refractivity contribution in [2.45, 2.75) is 39.7 Å². The highest BCUT2D eigenvalue weighted by atomic mass is 32.2. The Morgan fingerprint density at radius 3 is 2.71 bits per heavy atom. The summed E-state index contributed by atoms with van der Waals surface area (Å²) >= 11 is 0. The van der Waals surface area contributed by atoms with E-state index in [1.165, 1.54) is 23.1 Å². The zero-order valence-corrected chi connectivity index (χ0v) is 15.5. The second kappa shape index (κ2) is 7.57. The molecule has 0 radical (unpaired) electrons. The van der Waals surface area contributed by atoms with Crippen LogP contribution in [0.2, 0.25) is 0 Å². The number of aromatic nitrogens is 2. The largest absolute Gasteiger partial charge is 0.348 e. The molecule has 1 amide bonds. The third-order valence-electron chi connectivity index (χ3n) is 4.50. The van der Waals surface area contributed by atoms with Crippen LogP contribution in [0.4, 0.5) is 0 Å². The van der Waals surface area contributed by atoms with Gasteiger partial charge in [0.05, 0.1) is 17.5 Å². The molecule has 1 saturated heterocycles. The molecule has 2 unspecified atom stereocenters. The van der Waals surface area contributed by atoms with Gasteiger partial charge in [-0.05, 0) is 18.3 Å². The fourth-order valence-electron chi connectivity index (χ4n) is 3.12. The topological polar surface area (TPSA) is 92.3 Å². The lowest BCUT2D eigenvalue weighted by atomic mass is 9.91. The third-order valence-corrected chi connectivity index (χ3v) is 5.74. The Morgan fingerprint density at radius 2 is 2.12 bits per heavy atom. The van der Waals surface area contributed by atoms with Crippen LogP contribution in [0.15, 0.2) is 12.5 Å². The Hall–Kier alpha value is -1.54. The van der Waals surface area contributed by atoms with E-state index in [9.17, 15) is 13.2 Å². The number of hydrogen-bond acceptors (Lipinski definition) is 5. The molecular weight excluding hydrogens is 328 g/mol. The maximum Gasteiger partial charge on any atom is 0.254 e. The van der Waals surface area contributed by atoms with Crippen LogP contribution in [0, 0.1) is 11.8 Å². The van der Waals surface area contributed by atoms with Crippen molar-refractivity contribution < 1.29 is 13.2 Å². The highest BCUT2D eigenvalue weighted by molar-refractivity contribution is 7.88. The molecule has 1 aromatic heterocycles. The molecule has 1 fully saturated rings. The molecule has 0 bridgehead atoms. The SMILES string of the molecule is CCCc1ncncc1C(=O)NC1CN(S(C)(=O)=O)CC1C(C)C. The van der Waals surface area contributed by atoms with Gasteiger partial charge in [0.25, 0.3) is 5.91 Å². The molecule has 2 atom stereocenters. The molecule has 1 N–H and O–H groups in total. The molecule has 0 saturated carbocycles. The van der Waals surface area contributed by atoms with Gasteiger partial charge in [-0.15, -0.1) is 0 Å². The molecule has 0 aromatic carbocycles. The molecule has 134 valence electrons. The van der Waals surface area contributed by atoms with Crippen molar-refractivity contribution in [2.75, 3.05) is 19.3 Å². The van der Waals surface area contributed by atoms with Crippen LogP contribution in [0.1, 0.15) is 43.2 Å². The molecule has 0 aliphatic carbocycles. The first kappa shape index (κ1) is 18.8. The van der Waals surface area contributed by atoms with E-state index in [2.05, 4.69) is 15.3 Å². The van der Waals surface area contributed by atoms with E-state index < -0.39 is 10.0 Å². The fourth-order valence-corrected chi connectivity index (χ4v) is 3.99. The first-order valence-electron chi connectivity index (χ1n) is 8.28. The van der Waals surface area contributed by atoms with Crippen molar-refractivity contribution in [2.24, 2.45) is 11.8 Å². The van der Waals surface area contributed by atoms with E-state index in [0.29, 0.717) is 25.1 Å². The predicted molar refractivity (Wildman–Crippen MR) is 92.0 cm³/mol. The van der Waals surface area contributed by atoms with Gasteiger partial charge in [-0.3, -0.25) is 4.79 Å². The van der Waals surface area contributed by atoms with E-state index in [0.717, 1.165) is 12.1 Å². The van der Waals surface area contributed by atoms with Crippen LogP contribution in [0.5, 0.6) is 0 Å². The van der Waals surface area contributed by atoms with Gasteiger partial charge in [0, 0.05) is 25.3 Å². The van der Waals surface area contributed by atoms with Gasteiger partial charge >= 0.3 is 0 Å². The molecule has 1 aliphatic heterocycles. The van der Waals surface area contributed by atoms with Gasteiger partial charge in [-0.1, -0.05) is 27.2 Å². The summed E-state index contributed by atoms with van der Waals surface area (Å²) in [5.41, 5.74) is 1.20. The zero-order valence-electron chi connectivity index (χ0n) is 14.7. The number of carbonyl (C=O) groups is 1. The minimum absolute atomic E-state index is 0.0860. The molecule has 8 heteroatoms. The van der Waals surface area contributed by atoms with Crippen LogP contribution in [-0.4, -0.2) is 54.0 Å². The van der Waals surface area contributed by atoms with Gasteiger partial charge in [0.2, 0.25) is 10.0 Å². The van der Waals surface area contributed by atoms with E-state index in [1.807, 2.05) is 20.8 Å². The minimum atomic E-state index is -3.26. The van der Waals surface area contributed by atoms with Gasteiger partial charge < -0.3 is 5.32 Å². The predicted octanol–water partition coefficient (Wildman–Crippen LogP) is 1.07. The van der Waals surface area contributed by atoms with Gasteiger partial charge in [0.1, 0.15) is 6.33 Å². The lowest BCUT2D eigenvalue weighted by molar-refractivity contribution is 0.0923. The molecule has 7 nitrogen and oxygen atoms in total. The van der Waals surface area contributed by atoms with Crippen molar-refractivity contribution in [3.8, 4) is 0 Å².